The van der Waals surface area contributed by atoms with Crippen LogP contribution in [0.15, 0.2) is 66.9 Å². The lowest BCUT2D eigenvalue weighted by molar-refractivity contribution is 0.0695. The normalized spacial score (nSPS) is 13.7. The van der Waals surface area contributed by atoms with Crippen molar-refractivity contribution in [3.05, 3.63) is 129 Å². The van der Waals surface area contributed by atoms with Crippen molar-refractivity contribution in [2.75, 3.05) is 5.32 Å². The fraction of sp³-hybridized carbons (Fsp3) is 0.176. The van der Waals surface area contributed by atoms with Crippen LogP contribution < -0.4 is 16.0 Å². The van der Waals surface area contributed by atoms with Crippen LogP contribution in [-0.4, -0.2) is 43.4 Å². The van der Waals surface area contributed by atoms with E-state index in [2.05, 4.69) is 26.0 Å². The highest BCUT2D eigenvalue weighted by Crippen LogP contribution is 2.35. The highest BCUT2D eigenvalue weighted by Gasteiger charge is 2.29. The van der Waals surface area contributed by atoms with E-state index >= 15 is 0 Å². The number of aromatic carboxylic acids is 1. The van der Waals surface area contributed by atoms with Crippen molar-refractivity contribution in [2.24, 2.45) is 0 Å². The summed E-state index contributed by atoms with van der Waals surface area (Å²) in [4.78, 5) is 56.5. The van der Waals surface area contributed by atoms with E-state index in [9.17, 15) is 33.1 Å². The van der Waals surface area contributed by atoms with Crippen molar-refractivity contribution >= 4 is 35.0 Å². The van der Waals surface area contributed by atoms with E-state index in [1.54, 1.807) is 25.1 Å². The Labute approximate surface area is 266 Å². The van der Waals surface area contributed by atoms with Gasteiger partial charge in [0.2, 0.25) is 0 Å². The van der Waals surface area contributed by atoms with Gasteiger partial charge >= 0.3 is 5.97 Å². The first-order valence-corrected chi connectivity index (χ1v) is 14.7. The van der Waals surface area contributed by atoms with Crippen molar-refractivity contribution in [2.45, 2.75) is 39.3 Å². The van der Waals surface area contributed by atoms with Crippen molar-refractivity contribution in [3.63, 3.8) is 0 Å². The number of amides is 3. The number of carbonyl (C=O) groups excluding carboxylic acids is 3. The highest BCUT2D eigenvalue weighted by atomic mass is 19.2. The molecule has 0 saturated carbocycles. The van der Waals surface area contributed by atoms with Crippen LogP contribution in [0.4, 0.5) is 14.5 Å². The van der Waals surface area contributed by atoms with E-state index in [1.807, 2.05) is 19.1 Å². The molecule has 1 aliphatic carbocycles. The monoisotopic (exact) mass is 638 g/mol. The number of para-hydroxylation sites is 1. The molecule has 1 atom stereocenters. The third-order valence-corrected chi connectivity index (χ3v) is 8.24. The summed E-state index contributed by atoms with van der Waals surface area (Å²) in [7, 11) is 0. The van der Waals surface area contributed by atoms with Gasteiger partial charge in [0.25, 0.3) is 17.7 Å². The molecule has 0 spiro atoms. The van der Waals surface area contributed by atoms with Crippen LogP contribution in [0.3, 0.4) is 0 Å². The van der Waals surface area contributed by atoms with Crippen molar-refractivity contribution in [1.29, 1.82) is 0 Å². The van der Waals surface area contributed by atoms with Gasteiger partial charge in [0.1, 0.15) is 17.0 Å². The number of fused-ring (bicyclic) bond motifs is 2. The first kappa shape index (κ1) is 31.0. The van der Waals surface area contributed by atoms with Gasteiger partial charge in [0, 0.05) is 18.3 Å². The van der Waals surface area contributed by atoms with E-state index < -0.39 is 41.4 Å². The summed E-state index contributed by atoms with van der Waals surface area (Å²) in [5.41, 5.74) is 3.75. The molecule has 0 radical (unpaired) electrons. The van der Waals surface area contributed by atoms with Crippen molar-refractivity contribution in [1.82, 2.24) is 25.2 Å². The molecular weight excluding hydrogens is 610 g/mol. The minimum atomic E-state index is -1.07. The van der Waals surface area contributed by atoms with Gasteiger partial charge in [0.15, 0.2) is 17.3 Å². The van der Waals surface area contributed by atoms with E-state index in [4.69, 9.17) is 0 Å². The Morgan fingerprint density at radius 3 is 2.47 bits per heavy atom. The molecule has 2 heterocycles. The number of halogens is 2. The second kappa shape index (κ2) is 12.4. The van der Waals surface area contributed by atoms with E-state index in [0.717, 1.165) is 28.8 Å². The molecule has 0 aliphatic heterocycles. The number of nitrogens with one attached hydrogen (secondary N) is 3. The molecule has 3 aromatic carbocycles. The van der Waals surface area contributed by atoms with Crippen LogP contribution in [0, 0.1) is 25.5 Å². The molecule has 0 saturated heterocycles. The summed E-state index contributed by atoms with van der Waals surface area (Å²) < 4.78 is 28.3. The summed E-state index contributed by atoms with van der Waals surface area (Å²) in [5, 5.41) is 22.1. The molecule has 3 amide bonds. The zero-order chi connectivity index (χ0) is 33.4. The van der Waals surface area contributed by atoms with Crippen LogP contribution in [0.5, 0.6) is 0 Å². The van der Waals surface area contributed by atoms with Crippen molar-refractivity contribution < 1.29 is 33.1 Å². The number of carboxylic acid groups (broad SMARTS) is 1. The van der Waals surface area contributed by atoms with Gasteiger partial charge in [-0.3, -0.25) is 14.4 Å². The molecule has 11 nitrogen and oxygen atoms in total. The Hall–Kier alpha value is -5.98. The van der Waals surface area contributed by atoms with Crippen LogP contribution >= 0.6 is 0 Å². The predicted molar refractivity (Wildman–Crippen MR) is 166 cm³/mol. The standard InChI is InChI=1S/C34H28F2N6O5/c1-17-5-3-4-6-26(17)40-31(43)23-16-38-42-29(33(45)41-27-12-10-20-18(2)21(34(46)47)8-9-22(20)27)14-28(39-30(23)42)32(44)37-15-19-7-11-24(35)25(36)13-19/h3-9,11,13-14,16,27H,10,12,15H2,1-2H3,(H,37,44)(H,40,43)(H,41,45)(H,46,47)/t27-/m1/s1. The Morgan fingerprint density at radius 1 is 0.936 bits per heavy atom. The number of carbonyl (C=O) groups is 4. The lowest BCUT2D eigenvalue weighted by Crippen LogP contribution is -2.31. The van der Waals surface area contributed by atoms with Crippen LogP contribution in [-0.2, 0) is 13.0 Å². The van der Waals surface area contributed by atoms with E-state index in [-0.39, 0.29) is 34.7 Å². The minimum Gasteiger partial charge on any atom is -0.478 e. The lowest BCUT2D eigenvalue weighted by Gasteiger charge is -2.16. The Morgan fingerprint density at radius 2 is 1.72 bits per heavy atom. The highest BCUT2D eigenvalue weighted by molar-refractivity contribution is 6.09. The first-order valence-electron chi connectivity index (χ1n) is 14.7. The van der Waals surface area contributed by atoms with Crippen LogP contribution in [0.25, 0.3) is 5.65 Å². The molecule has 0 fully saturated rings. The average Bonchev–Trinajstić information content (AvgIpc) is 3.67. The zero-order valence-corrected chi connectivity index (χ0v) is 25.2. The molecule has 47 heavy (non-hydrogen) atoms. The first-order chi connectivity index (χ1) is 22.5. The maximum atomic E-state index is 13.8. The van der Waals surface area contributed by atoms with Gasteiger partial charge in [0.05, 0.1) is 17.8 Å². The topological polar surface area (TPSA) is 155 Å². The molecule has 6 rings (SSSR count). The molecule has 0 unspecified atom stereocenters. The zero-order valence-electron chi connectivity index (χ0n) is 25.2. The Bertz CT molecular complexity index is 2110. The molecule has 5 aromatic rings. The summed E-state index contributed by atoms with van der Waals surface area (Å²) in [6.07, 6.45) is 2.32. The number of hydrogen-bond donors (Lipinski definition) is 4. The number of nitrogens with zero attached hydrogens (tertiary/aromatic N) is 3. The molecule has 1 aliphatic rings. The largest absolute Gasteiger partial charge is 0.478 e. The molecule has 13 heteroatoms. The predicted octanol–water partition coefficient (Wildman–Crippen LogP) is 4.92. The summed E-state index contributed by atoms with van der Waals surface area (Å²) >= 11 is 0. The number of anilines is 1. The van der Waals surface area contributed by atoms with Crippen LogP contribution in [0.1, 0.15) is 82.0 Å². The molecule has 0 bridgehead atoms. The molecule has 238 valence electrons. The maximum Gasteiger partial charge on any atom is 0.335 e. The van der Waals surface area contributed by atoms with Crippen LogP contribution in [0.2, 0.25) is 0 Å². The smallest absolute Gasteiger partial charge is 0.335 e. The molecule has 2 aromatic heterocycles. The fourth-order valence-corrected chi connectivity index (χ4v) is 5.72. The molecule has 4 N–H and O–H groups in total. The number of aryl methyl sites for hydroxylation is 1. The van der Waals surface area contributed by atoms with Gasteiger partial charge in [-0.1, -0.05) is 30.3 Å². The average molecular weight is 639 g/mol. The van der Waals surface area contributed by atoms with Gasteiger partial charge < -0.3 is 21.1 Å². The van der Waals surface area contributed by atoms with Gasteiger partial charge in [-0.05, 0) is 78.8 Å². The van der Waals surface area contributed by atoms with Crippen molar-refractivity contribution in [3.8, 4) is 0 Å². The lowest BCUT2D eigenvalue weighted by atomic mass is 9.98. The Balaban J connectivity index is 1.34. The van der Waals surface area contributed by atoms with E-state index in [1.165, 1.54) is 28.9 Å². The second-order valence-electron chi connectivity index (χ2n) is 11.2. The number of carboxylic acids is 1. The SMILES string of the molecule is Cc1ccccc1NC(=O)c1cnn2c(C(=O)N[C@@H]3CCc4c3ccc(C(=O)O)c4C)cc(C(=O)NCc3ccc(F)c(F)c3)nc12. The maximum absolute atomic E-state index is 13.8. The number of aromatic nitrogens is 3. The second-order valence-corrected chi connectivity index (χ2v) is 11.2. The summed E-state index contributed by atoms with van der Waals surface area (Å²) in [6, 6.07) is 14.3. The number of hydrogen-bond acceptors (Lipinski definition) is 6. The minimum absolute atomic E-state index is 0.000551. The quantitative estimate of drug-likeness (QED) is 0.188. The van der Waals surface area contributed by atoms with Gasteiger partial charge in [-0.2, -0.15) is 5.10 Å². The fourth-order valence-electron chi connectivity index (χ4n) is 5.72. The van der Waals surface area contributed by atoms with Gasteiger partial charge in [-0.15, -0.1) is 0 Å². The third kappa shape index (κ3) is 6.02. The van der Waals surface area contributed by atoms with Gasteiger partial charge in [-0.25, -0.2) is 23.1 Å². The Kier molecular flexibility index (Phi) is 8.20. The summed E-state index contributed by atoms with van der Waals surface area (Å²) in [5.74, 6) is -5.04. The molecular formula is C34H28F2N6O5. The van der Waals surface area contributed by atoms with E-state index in [0.29, 0.717) is 29.7 Å². The number of rotatable bonds is 8. The number of benzene rings is 3. The summed E-state index contributed by atoms with van der Waals surface area (Å²) in [6.45, 7) is 3.39. The third-order valence-electron chi connectivity index (χ3n) is 8.24.